The lowest BCUT2D eigenvalue weighted by atomic mass is 10.2. The van der Waals surface area contributed by atoms with Crippen molar-refractivity contribution in [2.45, 2.75) is 13.3 Å². The van der Waals surface area contributed by atoms with Gasteiger partial charge >= 0.3 is 6.03 Å². The zero-order valence-corrected chi connectivity index (χ0v) is 11.0. The van der Waals surface area contributed by atoms with E-state index in [4.69, 9.17) is 0 Å². The molecule has 1 aromatic heterocycles. The van der Waals surface area contributed by atoms with Crippen molar-refractivity contribution >= 4 is 23.6 Å². The number of carbonyl (C=O) groups excluding carboxylic acids is 1. The molecule has 1 saturated heterocycles. The molecule has 0 saturated carbocycles. The maximum atomic E-state index is 11.5. The van der Waals surface area contributed by atoms with E-state index in [0.29, 0.717) is 0 Å². The minimum absolute atomic E-state index is 0.00299. The van der Waals surface area contributed by atoms with E-state index in [1.54, 1.807) is 7.05 Å². The molecule has 0 unspecified atom stereocenters. The lowest BCUT2D eigenvalue weighted by Crippen LogP contribution is -2.51. The Kier molecular flexibility index (Phi) is 3.78. The molecule has 7 heteroatoms. The number of hydrogen-bond donors (Lipinski definition) is 1. The van der Waals surface area contributed by atoms with Crippen LogP contribution in [0.3, 0.4) is 0 Å². The first-order valence-corrected chi connectivity index (χ1v) is 6.52. The van der Waals surface area contributed by atoms with Gasteiger partial charge in [-0.15, -0.1) is 0 Å². The van der Waals surface area contributed by atoms with Gasteiger partial charge in [-0.3, -0.25) is 0 Å². The van der Waals surface area contributed by atoms with E-state index >= 15 is 0 Å². The van der Waals surface area contributed by atoms with E-state index in [-0.39, 0.29) is 6.03 Å². The largest absolute Gasteiger partial charge is 0.351 e. The molecule has 0 aliphatic carbocycles. The fourth-order valence-electron chi connectivity index (χ4n) is 1.94. The highest BCUT2D eigenvalue weighted by Crippen LogP contribution is 2.19. The van der Waals surface area contributed by atoms with Gasteiger partial charge in [0.05, 0.1) is 17.4 Å². The standard InChI is InChI=1S/C10H17N5OS/c1-3-8-9(13-17-12-8)14-4-6-15(7-5-14)10(16)11-2/h3-7H2,1-2H3,(H,11,16). The van der Waals surface area contributed by atoms with E-state index in [1.165, 1.54) is 11.7 Å². The predicted octanol–water partition coefficient (Wildman–Crippen LogP) is 0.562. The summed E-state index contributed by atoms with van der Waals surface area (Å²) in [5.74, 6) is 0.994. The van der Waals surface area contributed by atoms with Gasteiger partial charge in [0.1, 0.15) is 0 Å². The SMILES string of the molecule is CCc1nsnc1N1CCN(C(=O)NC)CC1. The predicted molar refractivity (Wildman–Crippen MR) is 67.5 cm³/mol. The molecule has 2 rings (SSSR count). The minimum atomic E-state index is -0.00299. The van der Waals surface area contributed by atoms with Crippen molar-refractivity contribution in [2.75, 3.05) is 38.1 Å². The Morgan fingerprint density at radius 2 is 2.06 bits per heavy atom. The van der Waals surface area contributed by atoms with E-state index in [9.17, 15) is 4.79 Å². The van der Waals surface area contributed by atoms with Gasteiger partial charge in [-0.2, -0.15) is 8.75 Å². The van der Waals surface area contributed by atoms with Crippen LogP contribution in [0.5, 0.6) is 0 Å². The maximum Gasteiger partial charge on any atom is 0.317 e. The zero-order valence-electron chi connectivity index (χ0n) is 10.1. The van der Waals surface area contributed by atoms with Crippen LogP contribution in [0.15, 0.2) is 0 Å². The van der Waals surface area contributed by atoms with Crippen molar-refractivity contribution < 1.29 is 4.79 Å². The molecular formula is C10H17N5OS. The van der Waals surface area contributed by atoms with Gasteiger partial charge in [0, 0.05) is 33.2 Å². The minimum Gasteiger partial charge on any atom is -0.351 e. The Morgan fingerprint density at radius 1 is 1.35 bits per heavy atom. The molecule has 94 valence electrons. The highest BCUT2D eigenvalue weighted by molar-refractivity contribution is 6.99. The van der Waals surface area contributed by atoms with Crippen LogP contribution in [0.25, 0.3) is 0 Å². The topological polar surface area (TPSA) is 61.4 Å². The molecule has 1 aliphatic heterocycles. The molecule has 0 aromatic carbocycles. The number of rotatable bonds is 2. The first-order valence-electron chi connectivity index (χ1n) is 5.79. The smallest absolute Gasteiger partial charge is 0.317 e. The fraction of sp³-hybridized carbons (Fsp3) is 0.700. The second kappa shape index (κ2) is 5.31. The lowest BCUT2D eigenvalue weighted by Gasteiger charge is -2.34. The van der Waals surface area contributed by atoms with Gasteiger partial charge in [-0.1, -0.05) is 6.92 Å². The summed E-state index contributed by atoms with van der Waals surface area (Å²) in [5, 5.41) is 2.65. The monoisotopic (exact) mass is 255 g/mol. The molecule has 2 amide bonds. The molecule has 6 nitrogen and oxygen atoms in total. The van der Waals surface area contributed by atoms with Crippen molar-refractivity contribution in [3.63, 3.8) is 0 Å². The molecule has 0 atom stereocenters. The summed E-state index contributed by atoms with van der Waals surface area (Å²) >= 11 is 1.26. The lowest BCUT2D eigenvalue weighted by molar-refractivity contribution is 0.196. The molecule has 0 bridgehead atoms. The van der Waals surface area contributed by atoms with E-state index < -0.39 is 0 Å². The average molecular weight is 255 g/mol. The van der Waals surface area contributed by atoms with Crippen LogP contribution in [0.4, 0.5) is 10.6 Å². The molecule has 1 N–H and O–H groups in total. The Bertz CT molecular complexity index is 386. The highest BCUT2D eigenvalue weighted by atomic mass is 32.1. The number of amides is 2. The normalized spacial score (nSPS) is 16.1. The first kappa shape index (κ1) is 12.1. The Hall–Kier alpha value is -1.37. The second-order valence-electron chi connectivity index (χ2n) is 3.92. The van der Waals surface area contributed by atoms with Crippen molar-refractivity contribution in [3.05, 3.63) is 5.69 Å². The molecule has 1 aliphatic rings. The van der Waals surface area contributed by atoms with Crippen LogP contribution in [-0.4, -0.2) is 52.9 Å². The van der Waals surface area contributed by atoms with Gasteiger partial charge < -0.3 is 15.1 Å². The van der Waals surface area contributed by atoms with Gasteiger partial charge in [-0.05, 0) is 6.42 Å². The van der Waals surface area contributed by atoms with E-state index in [0.717, 1.165) is 44.1 Å². The van der Waals surface area contributed by atoms with E-state index in [2.05, 4.69) is 25.9 Å². The molecule has 17 heavy (non-hydrogen) atoms. The molecule has 2 heterocycles. The first-order chi connectivity index (χ1) is 8.26. The highest BCUT2D eigenvalue weighted by Gasteiger charge is 2.23. The number of aromatic nitrogens is 2. The Balaban J connectivity index is 1.97. The number of urea groups is 1. The summed E-state index contributed by atoms with van der Waals surface area (Å²) in [7, 11) is 1.66. The average Bonchev–Trinajstić information content (AvgIpc) is 2.86. The maximum absolute atomic E-state index is 11.5. The molecule has 0 spiro atoms. The number of anilines is 1. The van der Waals surface area contributed by atoms with Crippen LogP contribution in [-0.2, 0) is 6.42 Å². The quantitative estimate of drug-likeness (QED) is 0.839. The van der Waals surface area contributed by atoms with Crippen LogP contribution >= 0.6 is 11.7 Å². The fourth-order valence-corrected chi connectivity index (χ4v) is 2.59. The van der Waals surface area contributed by atoms with Gasteiger partial charge in [0.2, 0.25) is 0 Å². The number of piperazine rings is 1. The molecular weight excluding hydrogens is 238 g/mol. The van der Waals surface area contributed by atoms with Crippen LogP contribution in [0.1, 0.15) is 12.6 Å². The Morgan fingerprint density at radius 3 is 2.65 bits per heavy atom. The number of carbonyl (C=O) groups is 1. The van der Waals surface area contributed by atoms with Crippen molar-refractivity contribution in [3.8, 4) is 0 Å². The third-order valence-corrected chi connectivity index (χ3v) is 3.51. The summed E-state index contributed by atoms with van der Waals surface area (Å²) in [6, 6.07) is -0.00299. The summed E-state index contributed by atoms with van der Waals surface area (Å²) in [6.07, 6.45) is 0.904. The Labute approximate surface area is 105 Å². The summed E-state index contributed by atoms with van der Waals surface area (Å²) in [6.45, 7) is 5.21. The van der Waals surface area contributed by atoms with Crippen molar-refractivity contribution in [1.82, 2.24) is 19.0 Å². The summed E-state index contributed by atoms with van der Waals surface area (Å²) < 4.78 is 8.61. The summed E-state index contributed by atoms with van der Waals surface area (Å²) in [5.41, 5.74) is 1.06. The second-order valence-corrected chi connectivity index (χ2v) is 4.45. The molecule has 1 fully saturated rings. The summed E-state index contributed by atoms with van der Waals surface area (Å²) in [4.78, 5) is 15.5. The third kappa shape index (κ3) is 2.49. The van der Waals surface area contributed by atoms with Gasteiger partial charge in [-0.25, -0.2) is 4.79 Å². The van der Waals surface area contributed by atoms with Crippen molar-refractivity contribution in [2.24, 2.45) is 0 Å². The van der Waals surface area contributed by atoms with Gasteiger partial charge in [0.15, 0.2) is 5.82 Å². The van der Waals surface area contributed by atoms with Crippen LogP contribution < -0.4 is 10.2 Å². The molecule has 0 radical (unpaired) electrons. The van der Waals surface area contributed by atoms with Crippen LogP contribution in [0, 0.1) is 0 Å². The number of aryl methyl sites for hydroxylation is 1. The third-order valence-electron chi connectivity index (χ3n) is 2.95. The van der Waals surface area contributed by atoms with Crippen molar-refractivity contribution in [1.29, 1.82) is 0 Å². The molecule has 1 aromatic rings. The van der Waals surface area contributed by atoms with E-state index in [1.807, 2.05) is 4.90 Å². The van der Waals surface area contributed by atoms with Crippen LogP contribution in [0.2, 0.25) is 0 Å². The van der Waals surface area contributed by atoms with Gasteiger partial charge in [0.25, 0.3) is 0 Å². The number of nitrogens with zero attached hydrogens (tertiary/aromatic N) is 4. The number of nitrogens with one attached hydrogen (secondary N) is 1. The zero-order chi connectivity index (χ0) is 12.3. The number of hydrogen-bond acceptors (Lipinski definition) is 5.